The van der Waals surface area contributed by atoms with Crippen LogP contribution >= 0.6 is 0 Å². The molecule has 9 heteroatoms. The van der Waals surface area contributed by atoms with Gasteiger partial charge in [-0.25, -0.2) is 4.79 Å². The summed E-state index contributed by atoms with van der Waals surface area (Å²) < 4.78 is 9.78. The fourth-order valence-corrected chi connectivity index (χ4v) is 3.05. The van der Waals surface area contributed by atoms with E-state index in [0.717, 1.165) is 22.1 Å². The monoisotopic (exact) mass is 429 g/mol. The van der Waals surface area contributed by atoms with Crippen molar-refractivity contribution < 1.29 is 28.7 Å². The van der Waals surface area contributed by atoms with E-state index in [4.69, 9.17) is 10.5 Å². The standard InChI is InChI=1S/C22H27N3O6/c1-12(14-5-6-16-10-17(30-3)8-7-15(16)9-14)20(27)25-18(11-19(23)26)21(28)24-13(2)22(29)31-4/h5-10,12-13,18H,11H2,1-4H3,(H2,23,26)(H,24,28)(H,25,27)/t12-,13-,18+/m0/s1. The molecule has 2 aromatic carbocycles. The van der Waals surface area contributed by atoms with Crippen LogP contribution in [0.2, 0.25) is 0 Å². The Bertz CT molecular complexity index is 990. The number of rotatable bonds is 9. The van der Waals surface area contributed by atoms with Crippen LogP contribution in [-0.4, -0.2) is 50.0 Å². The molecular weight excluding hydrogens is 402 g/mol. The minimum absolute atomic E-state index is 0.407. The minimum atomic E-state index is -1.22. The maximum Gasteiger partial charge on any atom is 0.328 e. The van der Waals surface area contributed by atoms with Crippen molar-refractivity contribution in [2.24, 2.45) is 5.73 Å². The maximum absolute atomic E-state index is 12.8. The average Bonchev–Trinajstić information content (AvgIpc) is 2.76. The third-order valence-electron chi connectivity index (χ3n) is 4.92. The number of nitrogens with two attached hydrogens (primary N) is 1. The lowest BCUT2D eigenvalue weighted by Gasteiger charge is -2.21. The minimum Gasteiger partial charge on any atom is -0.497 e. The molecule has 3 atom stereocenters. The van der Waals surface area contributed by atoms with E-state index in [2.05, 4.69) is 15.4 Å². The molecule has 0 bridgehead atoms. The molecule has 9 nitrogen and oxygen atoms in total. The predicted molar refractivity (Wildman–Crippen MR) is 114 cm³/mol. The van der Waals surface area contributed by atoms with Crippen LogP contribution < -0.4 is 21.1 Å². The van der Waals surface area contributed by atoms with Crippen LogP contribution in [0.25, 0.3) is 10.8 Å². The SMILES string of the molecule is COC(=O)[C@H](C)NC(=O)[C@@H](CC(N)=O)NC(=O)[C@@H](C)c1ccc2cc(OC)ccc2c1. The first-order chi connectivity index (χ1) is 14.7. The van der Waals surface area contributed by atoms with E-state index in [1.165, 1.54) is 14.0 Å². The van der Waals surface area contributed by atoms with E-state index >= 15 is 0 Å². The van der Waals surface area contributed by atoms with Crippen molar-refractivity contribution in [3.05, 3.63) is 42.0 Å². The number of amides is 3. The largest absolute Gasteiger partial charge is 0.497 e. The van der Waals surface area contributed by atoms with Gasteiger partial charge in [0.15, 0.2) is 0 Å². The summed E-state index contributed by atoms with van der Waals surface area (Å²) in [6.07, 6.45) is -0.407. The summed E-state index contributed by atoms with van der Waals surface area (Å²) in [6, 6.07) is 9.01. The van der Waals surface area contributed by atoms with E-state index in [0.29, 0.717) is 0 Å². The highest BCUT2D eigenvalue weighted by Crippen LogP contribution is 2.25. The number of primary amides is 1. The molecule has 0 heterocycles. The first-order valence-corrected chi connectivity index (χ1v) is 9.70. The van der Waals surface area contributed by atoms with E-state index < -0.39 is 48.1 Å². The van der Waals surface area contributed by atoms with Gasteiger partial charge in [-0.1, -0.05) is 24.3 Å². The van der Waals surface area contributed by atoms with Crippen molar-refractivity contribution in [2.75, 3.05) is 14.2 Å². The number of methoxy groups -OCH3 is 2. The first kappa shape index (κ1) is 23.7. The summed E-state index contributed by atoms with van der Waals surface area (Å²) in [5, 5.41) is 6.84. The Kier molecular flexibility index (Phi) is 7.95. The Morgan fingerprint density at radius 1 is 0.935 bits per heavy atom. The number of hydrogen-bond donors (Lipinski definition) is 3. The Balaban J connectivity index is 2.16. The zero-order valence-electron chi connectivity index (χ0n) is 17.9. The summed E-state index contributed by atoms with van der Waals surface area (Å²) in [7, 11) is 2.78. The highest BCUT2D eigenvalue weighted by molar-refractivity contribution is 5.95. The molecule has 0 unspecified atom stereocenters. The smallest absolute Gasteiger partial charge is 0.328 e. The van der Waals surface area contributed by atoms with Gasteiger partial charge in [-0.15, -0.1) is 0 Å². The molecule has 2 rings (SSSR count). The number of fused-ring (bicyclic) bond motifs is 1. The van der Waals surface area contributed by atoms with Gasteiger partial charge >= 0.3 is 5.97 Å². The lowest BCUT2D eigenvalue weighted by Crippen LogP contribution is -2.52. The second kappa shape index (κ2) is 10.4. The molecule has 2 aromatic rings. The first-order valence-electron chi connectivity index (χ1n) is 9.70. The van der Waals surface area contributed by atoms with Gasteiger partial charge in [0.2, 0.25) is 17.7 Å². The lowest BCUT2D eigenvalue weighted by molar-refractivity contribution is -0.144. The third kappa shape index (κ3) is 6.18. The number of nitrogens with one attached hydrogen (secondary N) is 2. The molecule has 0 spiro atoms. The molecule has 166 valence electrons. The van der Waals surface area contributed by atoms with Crippen molar-refractivity contribution in [1.82, 2.24) is 10.6 Å². The summed E-state index contributed by atoms with van der Waals surface area (Å²) >= 11 is 0. The zero-order chi connectivity index (χ0) is 23.1. The van der Waals surface area contributed by atoms with Crippen molar-refractivity contribution in [3.63, 3.8) is 0 Å². The van der Waals surface area contributed by atoms with Gasteiger partial charge in [0.1, 0.15) is 17.8 Å². The summed E-state index contributed by atoms with van der Waals surface area (Å²) in [4.78, 5) is 48.2. The van der Waals surface area contributed by atoms with E-state index in [1.807, 2.05) is 36.4 Å². The second-order valence-electron chi connectivity index (χ2n) is 7.18. The van der Waals surface area contributed by atoms with E-state index in [9.17, 15) is 19.2 Å². The number of esters is 1. The molecule has 4 N–H and O–H groups in total. The predicted octanol–water partition coefficient (Wildman–Crippen LogP) is 0.990. The van der Waals surface area contributed by atoms with Gasteiger partial charge in [0.25, 0.3) is 0 Å². The van der Waals surface area contributed by atoms with Crippen molar-refractivity contribution >= 4 is 34.5 Å². The van der Waals surface area contributed by atoms with E-state index in [-0.39, 0.29) is 0 Å². The molecule has 0 aliphatic carbocycles. The Labute approximate surface area is 180 Å². The van der Waals surface area contributed by atoms with Crippen LogP contribution in [0, 0.1) is 0 Å². The fourth-order valence-electron chi connectivity index (χ4n) is 3.05. The molecule has 0 aliphatic rings. The van der Waals surface area contributed by atoms with Crippen LogP contribution in [0.15, 0.2) is 36.4 Å². The van der Waals surface area contributed by atoms with Crippen LogP contribution in [0.5, 0.6) is 5.75 Å². The number of carbonyl (C=O) groups is 4. The topological polar surface area (TPSA) is 137 Å². The molecule has 0 aromatic heterocycles. The van der Waals surface area contributed by atoms with Gasteiger partial charge in [-0.05, 0) is 42.3 Å². The average molecular weight is 429 g/mol. The van der Waals surface area contributed by atoms with Crippen LogP contribution in [0.4, 0.5) is 0 Å². The third-order valence-corrected chi connectivity index (χ3v) is 4.92. The molecule has 0 fully saturated rings. The van der Waals surface area contributed by atoms with Crippen LogP contribution in [0.3, 0.4) is 0 Å². The summed E-state index contributed by atoms with van der Waals surface area (Å²) in [5.41, 5.74) is 5.96. The molecule has 31 heavy (non-hydrogen) atoms. The highest BCUT2D eigenvalue weighted by Gasteiger charge is 2.28. The highest BCUT2D eigenvalue weighted by atomic mass is 16.5. The Hall–Kier alpha value is -3.62. The molecule has 0 aliphatic heterocycles. The van der Waals surface area contributed by atoms with E-state index in [1.54, 1.807) is 14.0 Å². The van der Waals surface area contributed by atoms with Crippen molar-refractivity contribution in [1.29, 1.82) is 0 Å². The number of ether oxygens (including phenoxy) is 2. The van der Waals surface area contributed by atoms with Crippen LogP contribution in [0.1, 0.15) is 31.7 Å². The number of benzene rings is 2. The van der Waals surface area contributed by atoms with Gasteiger partial charge in [0, 0.05) is 0 Å². The molecule has 3 amide bonds. The van der Waals surface area contributed by atoms with Crippen molar-refractivity contribution in [3.8, 4) is 5.75 Å². The van der Waals surface area contributed by atoms with Gasteiger partial charge in [-0.3, -0.25) is 14.4 Å². The molecular formula is C22H27N3O6. The maximum atomic E-state index is 12.8. The van der Waals surface area contributed by atoms with Gasteiger partial charge in [0.05, 0.1) is 26.6 Å². The zero-order valence-corrected chi connectivity index (χ0v) is 17.9. The summed E-state index contributed by atoms with van der Waals surface area (Å²) in [6.45, 7) is 3.12. The van der Waals surface area contributed by atoms with Gasteiger partial charge in [-0.2, -0.15) is 0 Å². The Morgan fingerprint density at radius 2 is 1.58 bits per heavy atom. The van der Waals surface area contributed by atoms with Crippen molar-refractivity contribution in [2.45, 2.75) is 38.3 Å². The van der Waals surface area contributed by atoms with Gasteiger partial charge < -0.3 is 25.8 Å². The molecule has 0 saturated heterocycles. The van der Waals surface area contributed by atoms with Crippen LogP contribution in [-0.2, 0) is 23.9 Å². The second-order valence-corrected chi connectivity index (χ2v) is 7.18. The Morgan fingerprint density at radius 3 is 2.19 bits per heavy atom. The fraction of sp³-hybridized carbons (Fsp3) is 0.364. The summed E-state index contributed by atoms with van der Waals surface area (Å²) in [5.74, 6) is -2.46. The lowest BCUT2D eigenvalue weighted by atomic mass is 9.96. The molecule has 0 saturated carbocycles. The molecule has 0 radical (unpaired) electrons. The quantitative estimate of drug-likeness (QED) is 0.509. The number of carbonyl (C=O) groups excluding carboxylic acids is 4. The normalized spacial score (nSPS) is 13.5. The number of hydrogen-bond acceptors (Lipinski definition) is 6.